The molecule has 170 valence electrons. The molecule has 0 saturated heterocycles. The number of rotatable bonds is 2. The van der Waals surface area contributed by atoms with E-state index in [0.717, 1.165) is 24.3 Å². The van der Waals surface area contributed by atoms with E-state index in [1.165, 1.54) is 12.1 Å². The smallest absolute Gasteiger partial charge is 0.255 e. The van der Waals surface area contributed by atoms with E-state index in [9.17, 15) is 22.4 Å². The molecule has 1 aromatic heterocycles. The van der Waals surface area contributed by atoms with Gasteiger partial charge in [-0.25, -0.2) is 22.5 Å². The minimum absolute atomic E-state index is 0.209. The lowest BCUT2D eigenvalue weighted by atomic mass is 9.94. The summed E-state index contributed by atoms with van der Waals surface area (Å²) < 4.78 is 56.9. The van der Waals surface area contributed by atoms with Crippen molar-refractivity contribution in [2.45, 2.75) is 12.2 Å². The number of amides is 1. The number of aromatic nitrogens is 2. The fraction of sp³-hybridized carbons (Fsp3) is 0.0833. The number of benzene rings is 3. The number of para-hydroxylation sites is 2. The first kappa shape index (κ1) is 20.3. The standard InChI is InChI=1S/C24H15F4N5O/c25-13-7-5-11(9-15(13)27)20-19-22(32-24-29-17-3-1-2-4-18(17)33(20)24)30-21(31-23(19)34)12-6-8-14(26)16(28)10-12/h1-10,20-21,30H,(H,29,32)(H,31,34). The second-order valence-corrected chi connectivity index (χ2v) is 8.01. The van der Waals surface area contributed by atoms with Crippen LogP contribution >= 0.6 is 0 Å². The van der Waals surface area contributed by atoms with Crippen LogP contribution in [0.2, 0.25) is 0 Å². The van der Waals surface area contributed by atoms with E-state index >= 15 is 0 Å². The molecule has 1 amide bonds. The third kappa shape index (κ3) is 3.02. The van der Waals surface area contributed by atoms with Gasteiger partial charge in [0.25, 0.3) is 5.91 Å². The minimum atomic E-state index is -1.05. The summed E-state index contributed by atoms with van der Waals surface area (Å²) in [6, 6.07) is 13.2. The number of carbonyl (C=O) groups excluding carboxylic acids is 1. The molecular weight excluding hydrogens is 450 g/mol. The highest BCUT2D eigenvalue weighted by atomic mass is 19.2. The maximum absolute atomic E-state index is 14.2. The van der Waals surface area contributed by atoms with Gasteiger partial charge in [0.15, 0.2) is 23.3 Å². The zero-order valence-corrected chi connectivity index (χ0v) is 17.2. The fourth-order valence-corrected chi connectivity index (χ4v) is 4.44. The Balaban J connectivity index is 1.52. The summed E-state index contributed by atoms with van der Waals surface area (Å²) >= 11 is 0. The monoisotopic (exact) mass is 465 g/mol. The highest BCUT2D eigenvalue weighted by Gasteiger charge is 2.40. The number of carbonyl (C=O) groups is 1. The van der Waals surface area contributed by atoms with Gasteiger partial charge in [0.2, 0.25) is 5.95 Å². The molecule has 10 heteroatoms. The normalized spacial score (nSPS) is 19.2. The van der Waals surface area contributed by atoms with Crippen LogP contribution in [-0.2, 0) is 4.79 Å². The molecule has 2 aliphatic heterocycles. The molecule has 34 heavy (non-hydrogen) atoms. The first-order valence-electron chi connectivity index (χ1n) is 10.4. The van der Waals surface area contributed by atoms with Gasteiger partial charge in [-0.2, -0.15) is 0 Å². The molecule has 6 rings (SSSR count). The lowest BCUT2D eigenvalue weighted by Crippen LogP contribution is -2.49. The summed E-state index contributed by atoms with van der Waals surface area (Å²) in [5.74, 6) is -3.98. The zero-order chi connectivity index (χ0) is 23.6. The Bertz CT molecular complexity index is 1530. The van der Waals surface area contributed by atoms with E-state index in [0.29, 0.717) is 28.1 Å². The number of fused-ring (bicyclic) bond motifs is 3. The first-order chi connectivity index (χ1) is 16.4. The van der Waals surface area contributed by atoms with Crippen LogP contribution < -0.4 is 16.0 Å². The Kier molecular flexibility index (Phi) is 4.38. The molecule has 2 unspecified atom stereocenters. The molecule has 0 saturated carbocycles. The number of imidazole rings is 1. The third-order valence-corrected chi connectivity index (χ3v) is 5.98. The SMILES string of the molecule is O=C1NC(c2ccc(F)c(F)c2)NC2=C1C(c1ccc(F)c(F)c1)n1c(nc3ccccc31)N2. The lowest BCUT2D eigenvalue weighted by Gasteiger charge is -2.37. The maximum atomic E-state index is 14.2. The maximum Gasteiger partial charge on any atom is 0.255 e. The van der Waals surface area contributed by atoms with Gasteiger partial charge < -0.3 is 16.0 Å². The average molecular weight is 465 g/mol. The predicted molar refractivity (Wildman–Crippen MR) is 115 cm³/mol. The van der Waals surface area contributed by atoms with Crippen molar-refractivity contribution in [3.05, 3.63) is 106 Å². The molecule has 3 aromatic carbocycles. The molecule has 0 radical (unpaired) electrons. The molecule has 0 aliphatic carbocycles. The number of hydrogen-bond donors (Lipinski definition) is 3. The highest BCUT2D eigenvalue weighted by Crippen LogP contribution is 2.40. The molecule has 0 spiro atoms. The Labute approximate surface area is 189 Å². The van der Waals surface area contributed by atoms with Crippen LogP contribution in [0.1, 0.15) is 23.3 Å². The van der Waals surface area contributed by atoms with Crippen molar-refractivity contribution in [3.8, 4) is 0 Å². The van der Waals surface area contributed by atoms with Crippen LogP contribution in [0.3, 0.4) is 0 Å². The predicted octanol–water partition coefficient (Wildman–Crippen LogP) is 4.24. The van der Waals surface area contributed by atoms with E-state index in [2.05, 4.69) is 20.9 Å². The number of hydrogen-bond acceptors (Lipinski definition) is 4. The summed E-state index contributed by atoms with van der Waals surface area (Å²) in [4.78, 5) is 17.9. The van der Waals surface area contributed by atoms with Gasteiger partial charge >= 0.3 is 0 Å². The van der Waals surface area contributed by atoms with Gasteiger partial charge in [0.1, 0.15) is 12.0 Å². The number of halogens is 4. The van der Waals surface area contributed by atoms with Crippen LogP contribution in [0.5, 0.6) is 0 Å². The summed E-state index contributed by atoms with van der Waals surface area (Å²) in [6.07, 6.45) is -0.865. The second-order valence-electron chi connectivity index (χ2n) is 8.01. The minimum Gasteiger partial charge on any atom is -0.347 e. The van der Waals surface area contributed by atoms with E-state index in [1.807, 2.05) is 18.2 Å². The molecule has 0 bridgehead atoms. The zero-order valence-electron chi connectivity index (χ0n) is 17.2. The fourth-order valence-electron chi connectivity index (χ4n) is 4.44. The third-order valence-electron chi connectivity index (χ3n) is 5.98. The van der Waals surface area contributed by atoms with Crippen molar-refractivity contribution in [2.75, 3.05) is 5.32 Å². The van der Waals surface area contributed by atoms with Crippen LogP contribution in [0.15, 0.2) is 72.1 Å². The largest absolute Gasteiger partial charge is 0.347 e. The van der Waals surface area contributed by atoms with Gasteiger partial charge in [-0.3, -0.25) is 9.36 Å². The lowest BCUT2D eigenvalue weighted by molar-refractivity contribution is -0.119. The van der Waals surface area contributed by atoms with Gasteiger partial charge in [-0.15, -0.1) is 0 Å². The Morgan fingerprint density at radius 2 is 1.47 bits per heavy atom. The average Bonchev–Trinajstić information content (AvgIpc) is 3.19. The van der Waals surface area contributed by atoms with Crippen LogP contribution in [0, 0.1) is 23.3 Å². The number of anilines is 1. The van der Waals surface area contributed by atoms with Crippen molar-refractivity contribution in [3.63, 3.8) is 0 Å². The van der Waals surface area contributed by atoms with Gasteiger partial charge in [-0.05, 0) is 47.5 Å². The van der Waals surface area contributed by atoms with Crippen molar-refractivity contribution in [1.29, 1.82) is 0 Å². The van der Waals surface area contributed by atoms with Crippen molar-refractivity contribution in [1.82, 2.24) is 20.2 Å². The summed E-state index contributed by atoms with van der Waals surface area (Å²) in [5.41, 5.74) is 2.15. The second kappa shape index (κ2) is 7.34. The molecule has 2 aliphatic rings. The topological polar surface area (TPSA) is 71.0 Å². The van der Waals surface area contributed by atoms with E-state index < -0.39 is 41.4 Å². The molecular formula is C24H15F4N5O. The highest BCUT2D eigenvalue weighted by molar-refractivity contribution is 5.99. The van der Waals surface area contributed by atoms with E-state index in [-0.39, 0.29) is 11.4 Å². The van der Waals surface area contributed by atoms with Crippen LogP contribution in [0.4, 0.5) is 23.5 Å². The van der Waals surface area contributed by atoms with E-state index in [4.69, 9.17) is 0 Å². The van der Waals surface area contributed by atoms with Crippen molar-refractivity contribution < 1.29 is 22.4 Å². The summed E-state index contributed by atoms with van der Waals surface area (Å²) in [5, 5.41) is 8.92. The Morgan fingerprint density at radius 1 is 0.794 bits per heavy atom. The molecule has 2 atom stereocenters. The van der Waals surface area contributed by atoms with Crippen molar-refractivity contribution in [2.24, 2.45) is 0 Å². The van der Waals surface area contributed by atoms with Crippen LogP contribution in [0.25, 0.3) is 11.0 Å². The molecule has 3 heterocycles. The van der Waals surface area contributed by atoms with Gasteiger partial charge in [0, 0.05) is 0 Å². The van der Waals surface area contributed by atoms with Crippen molar-refractivity contribution >= 4 is 22.9 Å². The van der Waals surface area contributed by atoms with Gasteiger partial charge in [-0.1, -0.05) is 24.3 Å². The summed E-state index contributed by atoms with van der Waals surface area (Å²) in [6.45, 7) is 0. The molecule has 4 aromatic rings. The quantitative estimate of drug-likeness (QED) is 0.388. The number of nitrogens with one attached hydrogen (secondary N) is 3. The first-order valence-corrected chi connectivity index (χ1v) is 10.4. The molecule has 6 nitrogen and oxygen atoms in total. The van der Waals surface area contributed by atoms with Gasteiger partial charge in [0.05, 0.1) is 22.6 Å². The van der Waals surface area contributed by atoms with E-state index in [1.54, 1.807) is 10.6 Å². The molecule has 3 N–H and O–H groups in total. The number of nitrogens with zero attached hydrogens (tertiary/aromatic N) is 2. The molecule has 0 fully saturated rings. The van der Waals surface area contributed by atoms with Crippen LogP contribution in [-0.4, -0.2) is 15.5 Å². The summed E-state index contributed by atoms with van der Waals surface area (Å²) in [7, 11) is 0. The Morgan fingerprint density at radius 3 is 2.21 bits per heavy atom. The Hall–Kier alpha value is -4.34.